The molecule has 1 N–H and O–H groups in total. The van der Waals surface area contributed by atoms with Crippen LogP contribution in [-0.2, 0) is 4.79 Å². The largest absolute Gasteiger partial charge is 0.303 e. The van der Waals surface area contributed by atoms with E-state index < -0.39 is 0 Å². The molecule has 1 fully saturated rings. The molecule has 0 aromatic rings. The van der Waals surface area contributed by atoms with Gasteiger partial charge in [0.15, 0.2) is 0 Å². The lowest BCUT2D eigenvalue weighted by Gasteiger charge is -2.27. The molecule has 82 valence electrons. The van der Waals surface area contributed by atoms with Crippen LogP contribution in [0.25, 0.3) is 0 Å². The van der Waals surface area contributed by atoms with E-state index >= 15 is 0 Å². The van der Waals surface area contributed by atoms with Gasteiger partial charge in [-0.1, -0.05) is 19.8 Å². The minimum Gasteiger partial charge on any atom is -0.303 e. The highest BCUT2D eigenvalue weighted by atomic mass is 16.1. The molecular formula is C12H23NO. The van der Waals surface area contributed by atoms with Crippen LogP contribution in [0.2, 0.25) is 0 Å². The molecule has 14 heavy (non-hydrogen) atoms. The van der Waals surface area contributed by atoms with Crippen molar-refractivity contribution in [1.82, 2.24) is 5.32 Å². The van der Waals surface area contributed by atoms with Crippen LogP contribution in [0.3, 0.4) is 0 Å². The highest BCUT2D eigenvalue weighted by molar-refractivity contribution is 5.83. The summed E-state index contributed by atoms with van der Waals surface area (Å²) in [5.74, 6) is 1.18. The molecule has 1 aliphatic rings. The summed E-state index contributed by atoms with van der Waals surface area (Å²) in [6.07, 6.45) is 4.34. The Morgan fingerprint density at radius 1 is 1.43 bits per heavy atom. The average Bonchev–Trinajstić information content (AvgIpc) is 2.83. The SMILES string of the molecule is CCC(=O)[C@@H](CC1CC1)NC(C)(C)C. The van der Waals surface area contributed by atoms with Crippen LogP contribution in [0.5, 0.6) is 0 Å². The van der Waals surface area contributed by atoms with Gasteiger partial charge in [-0.3, -0.25) is 4.79 Å². The summed E-state index contributed by atoms with van der Waals surface area (Å²) in [5.41, 5.74) is 0.0460. The summed E-state index contributed by atoms with van der Waals surface area (Å²) in [7, 11) is 0. The van der Waals surface area contributed by atoms with Crippen molar-refractivity contribution in [2.24, 2.45) is 5.92 Å². The number of hydrogen-bond acceptors (Lipinski definition) is 2. The quantitative estimate of drug-likeness (QED) is 0.733. The lowest BCUT2D eigenvalue weighted by molar-refractivity contribution is -0.121. The number of carbonyl (C=O) groups is 1. The summed E-state index contributed by atoms with van der Waals surface area (Å²) in [4.78, 5) is 11.7. The van der Waals surface area contributed by atoms with E-state index in [1.165, 1.54) is 12.8 Å². The van der Waals surface area contributed by atoms with Gasteiger partial charge in [-0.2, -0.15) is 0 Å². The van der Waals surface area contributed by atoms with Crippen LogP contribution in [0.4, 0.5) is 0 Å². The van der Waals surface area contributed by atoms with E-state index in [0.29, 0.717) is 12.2 Å². The monoisotopic (exact) mass is 197 g/mol. The van der Waals surface area contributed by atoms with Crippen LogP contribution >= 0.6 is 0 Å². The first-order valence-electron chi connectivity index (χ1n) is 5.73. The van der Waals surface area contributed by atoms with E-state index in [1.807, 2.05) is 6.92 Å². The number of rotatable bonds is 5. The predicted molar refractivity (Wildman–Crippen MR) is 59.3 cm³/mol. The Balaban J connectivity index is 2.46. The number of carbonyl (C=O) groups excluding carboxylic acids is 1. The molecule has 0 heterocycles. The molecule has 1 rings (SSSR count). The van der Waals surface area contributed by atoms with Crippen LogP contribution in [0.1, 0.15) is 53.4 Å². The highest BCUT2D eigenvalue weighted by Gasteiger charge is 2.30. The Kier molecular flexibility index (Phi) is 3.71. The molecule has 0 radical (unpaired) electrons. The fraction of sp³-hybridized carbons (Fsp3) is 0.917. The maximum absolute atomic E-state index is 11.7. The van der Waals surface area contributed by atoms with Crippen molar-refractivity contribution in [3.63, 3.8) is 0 Å². The maximum Gasteiger partial charge on any atom is 0.149 e. The Bertz CT molecular complexity index is 201. The van der Waals surface area contributed by atoms with Crippen molar-refractivity contribution < 1.29 is 4.79 Å². The highest BCUT2D eigenvalue weighted by Crippen LogP contribution is 2.34. The summed E-state index contributed by atoms with van der Waals surface area (Å²) in [5, 5.41) is 3.43. The molecule has 2 heteroatoms. The first kappa shape index (κ1) is 11.7. The Hall–Kier alpha value is -0.370. The molecule has 1 atom stereocenters. The van der Waals surface area contributed by atoms with E-state index in [0.717, 1.165) is 12.3 Å². The zero-order valence-corrected chi connectivity index (χ0v) is 9.89. The summed E-state index contributed by atoms with van der Waals surface area (Å²) >= 11 is 0. The second-order valence-corrected chi connectivity index (χ2v) is 5.45. The second-order valence-electron chi connectivity index (χ2n) is 5.45. The van der Waals surface area contributed by atoms with E-state index in [9.17, 15) is 4.79 Å². The summed E-state index contributed by atoms with van der Waals surface area (Å²) in [6.45, 7) is 8.31. The zero-order valence-electron chi connectivity index (χ0n) is 9.89. The van der Waals surface area contributed by atoms with Crippen LogP contribution in [0, 0.1) is 5.92 Å². The Morgan fingerprint density at radius 3 is 2.36 bits per heavy atom. The molecular weight excluding hydrogens is 174 g/mol. The van der Waals surface area contributed by atoms with Gasteiger partial charge in [0.25, 0.3) is 0 Å². The molecule has 0 aliphatic heterocycles. The van der Waals surface area contributed by atoms with Gasteiger partial charge in [0, 0.05) is 12.0 Å². The third-order valence-electron chi connectivity index (χ3n) is 2.61. The van der Waals surface area contributed by atoms with E-state index in [2.05, 4.69) is 26.1 Å². The fourth-order valence-corrected chi connectivity index (χ4v) is 1.73. The molecule has 0 amide bonds. The first-order valence-corrected chi connectivity index (χ1v) is 5.73. The lowest BCUT2D eigenvalue weighted by Crippen LogP contribution is -2.47. The number of Topliss-reactive ketones (excluding diaryl/α,β-unsaturated/α-hetero) is 1. The van der Waals surface area contributed by atoms with Crippen molar-refractivity contribution in [2.75, 3.05) is 0 Å². The molecule has 1 aliphatic carbocycles. The van der Waals surface area contributed by atoms with Gasteiger partial charge in [0.1, 0.15) is 5.78 Å². The Labute approximate surface area is 87.5 Å². The predicted octanol–water partition coefficient (Wildman–Crippen LogP) is 2.52. The molecule has 0 saturated heterocycles. The third kappa shape index (κ3) is 4.23. The Morgan fingerprint density at radius 2 is 2.00 bits per heavy atom. The number of hydrogen-bond donors (Lipinski definition) is 1. The fourth-order valence-electron chi connectivity index (χ4n) is 1.73. The van der Waals surface area contributed by atoms with Crippen LogP contribution < -0.4 is 5.32 Å². The summed E-state index contributed by atoms with van der Waals surface area (Å²) < 4.78 is 0. The normalized spacial score (nSPS) is 19.4. The molecule has 1 saturated carbocycles. The van der Waals surface area contributed by atoms with Crippen molar-refractivity contribution in [2.45, 2.75) is 65.0 Å². The maximum atomic E-state index is 11.7. The average molecular weight is 197 g/mol. The van der Waals surface area contributed by atoms with Crippen molar-refractivity contribution in [3.8, 4) is 0 Å². The zero-order chi connectivity index (χ0) is 10.8. The van der Waals surface area contributed by atoms with Gasteiger partial charge >= 0.3 is 0 Å². The second kappa shape index (κ2) is 4.43. The number of ketones is 1. The first-order chi connectivity index (χ1) is 6.42. The topological polar surface area (TPSA) is 29.1 Å². The molecule has 0 bridgehead atoms. The third-order valence-corrected chi connectivity index (χ3v) is 2.61. The molecule has 0 aromatic heterocycles. The van der Waals surface area contributed by atoms with Gasteiger partial charge < -0.3 is 5.32 Å². The standard InChI is InChI=1S/C12H23NO/c1-5-11(14)10(8-9-6-7-9)13-12(2,3)4/h9-10,13H,5-8H2,1-4H3/t10-/m1/s1. The minimum atomic E-state index is 0.0460. The van der Waals surface area contributed by atoms with Crippen molar-refractivity contribution >= 4 is 5.78 Å². The van der Waals surface area contributed by atoms with E-state index in [4.69, 9.17) is 0 Å². The molecule has 2 nitrogen and oxygen atoms in total. The number of nitrogens with one attached hydrogen (secondary N) is 1. The minimum absolute atomic E-state index is 0.0460. The van der Waals surface area contributed by atoms with E-state index in [-0.39, 0.29) is 11.6 Å². The van der Waals surface area contributed by atoms with Gasteiger partial charge in [-0.25, -0.2) is 0 Å². The van der Waals surface area contributed by atoms with Gasteiger partial charge in [-0.05, 0) is 33.1 Å². The van der Waals surface area contributed by atoms with Crippen LogP contribution in [-0.4, -0.2) is 17.4 Å². The summed E-state index contributed by atoms with van der Waals surface area (Å²) in [6, 6.07) is 0.0903. The molecule has 0 unspecified atom stereocenters. The molecule has 0 aromatic carbocycles. The smallest absolute Gasteiger partial charge is 0.149 e. The lowest BCUT2D eigenvalue weighted by atomic mass is 9.99. The van der Waals surface area contributed by atoms with Crippen molar-refractivity contribution in [1.29, 1.82) is 0 Å². The van der Waals surface area contributed by atoms with Crippen LogP contribution in [0.15, 0.2) is 0 Å². The van der Waals surface area contributed by atoms with Gasteiger partial charge in [0.05, 0.1) is 6.04 Å². The molecule has 0 spiro atoms. The van der Waals surface area contributed by atoms with Gasteiger partial charge in [-0.15, -0.1) is 0 Å². The van der Waals surface area contributed by atoms with E-state index in [1.54, 1.807) is 0 Å². The van der Waals surface area contributed by atoms with Gasteiger partial charge in [0.2, 0.25) is 0 Å². The van der Waals surface area contributed by atoms with Crippen molar-refractivity contribution in [3.05, 3.63) is 0 Å².